The molecule has 0 unspecified atom stereocenters. The molecule has 6 nitrogen and oxygen atoms in total. The number of nitrogens with zero attached hydrogens (tertiary/aromatic N) is 5. The van der Waals surface area contributed by atoms with Crippen LogP contribution in [0.1, 0.15) is 99.5 Å². The summed E-state index contributed by atoms with van der Waals surface area (Å²) in [6.45, 7) is 6.62. The molecule has 4 saturated carbocycles. The van der Waals surface area contributed by atoms with Gasteiger partial charge in [0.05, 0.1) is 41.4 Å². The van der Waals surface area contributed by atoms with Crippen LogP contribution < -0.4 is 0 Å². The Kier molecular flexibility index (Phi) is 3.82. The highest BCUT2D eigenvalue weighted by Gasteiger charge is 2.67. The highest BCUT2D eigenvalue weighted by molar-refractivity contribution is 5.79. The van der Waals surface area contributed by atoms with E-state index >= 15 is 0 Å². The Balaban J connectivity index is 1.26. The molecule has 32 heavy (non-hydrogen) atoms. The van der Waals surface area contributed by atoms with Crippen molar-refractivity contribution in [2.45, 2.75) is 95.3 Å². The first-order chi connectivity index (χ1) is 15.4. The number of pyridine rings is 1. The van der Waals surface area contributed by atoms with Crippen LogP contribution in [-0.4, -0.2) is 30.8 Å². The van der Waals surface area contributed by atoms with E-state index in [4.69, 9.17) is 19.7 Å². The lowest BCUT2D eigenvalue weighted by atomic mass is 9.35. The van der Waals surface area contributed by atoms with Crippen LogP contribution in [0.2, 0.25) is 0 Å². The molecule has 3 aromatic rings. The topological polar surface area (TPSA) is 65.7 Å². The van der Waals surface area contributed by atoms with Gasteiger partial charge in [0.1, 0.15) is 5.52 Å². The van der Waals surface area contributed by atoms with Gasteiger partial charge in [-0.2, -0.15) is 5.10 Å². The normalized spacial score (nSPS) is 36.0. The van der Waals surface area contributed by atoms with Gasteiger partial charge in [0, 0.05) is 35.0 Å². The van der Waals surface area contributed by atoms with Crippen LogP contribution in [0.5, 0.6) is 0 Å². The number of aryl methyl sites for hydroxylation is 1. The van der Waals surface area contributed by atoms with E-state index in [9.17, 15) is 0 Å². The molecule has 5 fully saturated rings. The van der Waals surface area contributed by atoms with Crippen molar-refractivity contribution in [2.24, 2.45) is 5.41 Å². The molecule has 4 aliphatic carbocycles. The maximum absolute atomic E-state index is 6.39. The third-order valence-electron chi connectivity index (χ3n) is 8.31. The first-order valence-electron chi connectivity index (χ1n) is 12.2. The highest BCUT2D eigenvalue weighted by Crippen LogP contribution is 2.73. The van der Waals surface area contributed by atoms with Gasteiger partial charge in [-0.15, -0.1) is 0 Å². The van der Waals surface area contributed by atoms with Crippen molar-refractivity contribution < 1.29 is 4.74 Å². The Morgan fingerprint density at radius 3 is 2.66 bits per heavy atom. The SMILES string of the molecule is Cc1cnc2c(C34CC(C)(C3)C4)nc([C@@H]3C[C@@H](C)O[C@H](c4cnn(C5CC5)c4)C3)cc2n1. The van der Waals surface area contributed by atoms with Crippen LogP contribution in [-0.2, 0) is 10.2 Å². The van der Waals surface area contributed by atoms with E-state index in [1.807, 2.05) is 19.3 Å². The molecule has 3 aromatic heterocycles. The molecule has 5 aliphatic rings. The average Bonchev–Trinajstić information content (AvgIpc) is 3.45. The summed E-state index contributed by atoms with van der Waals surface area (Å²) in [5.74, 6) is 0.362. The molecule has 6 heteroatoms. The molecule has 0 N–H and O–H groups in total. The van der Waals surface area contributed by atoms with Crippen molar-refractivity contribution in [1.29, 1.82) is 0 Å². The zero-order valence-electron chi connectivity index (χ0n) is 19.2. The largest absolute Gasteiger partial charge is 0.370 e. The third kappa shape index (κ3) is 2.88. The second kappa shape index (κ2) is 6.37. The van der Waals surface area contributed by atoms with Gasteiger partial charge < -0.3 is 4.74 Å². The fraction of sp³-hybridized carbons (Fsp3) is 0.615. The Morgan fingerprint density at radius 1 is 1.09 bits per heavy atom. The monoisotopic (exact) mass is 429 g/mol. The molecule has 166 valence electrons. The van der Waals surface area contributed by atoms with Gasteiger partial charge in [-0.3, -0.25) is 14.6 Å². The molecule has 3 atom stereocenters. The minimum atomic E-state index is 0.0784. The minimum Gasteiger partial charge on any atom is -0.370 e. The summed E-state index contributed by atoms with van der Waals surface area (Å²) in [5.41, 5.74) is 7.35. The highest BCUT2D eigenvalue weighted by atomic mass is 16.5. The van der Waals surface area contributed by atoms with E-state index in [0.29, 0.717) is 17.4 Å². The lowest BCUT2D eigenvalue weighted by molar-refractivity contribution is -0.127. The molecule has 0 spiro atoms. The molecule has 0 radical (unpaired) electrons. The minimum absolute atomic E-state index is 0.0784. The van der Waals surface area contributed by atoms with Gasteiger partial charge in [-0.1, -0.05) is 6.92 Å². The van der Waals surface area contributed by atoms with E-state index < -0.39 is 0 Å². The predicted molar refractivity (Wildman–Crippen MR) is 121 cm³/mol. The fourth-order valence-electron chi connectivity index (χ4n) is 6.92. The van der Waals surface area contributed by atoms with Crippen molar-refractivity contribution in [3.8, 4) is 0 Å². The zero-order chi connectivity index (χ0) is 21.7. The number of ether oxygens (including phenoxy) is 1. The van der Waals surface area contributed by atoms with Crippen molar-refractivity contribution in [2.75, 3.05) is 0 Å². The molecule has 1 saturated heterocycles. The summed E-state index contributed by atoms with van der Waals surface area (Å²) in [7, 11) is 0. The van der Waals surface area contributed by atoms with Crippen LogP contribution >= 0.6 is 0 Å². The third-order valence-corrected chi connectivity index (χ3v) is 8.31. The van der Waals surface area contributed by atoms with Gasteiger partial charge in [-0.05, 0) is 70.3 Å². The Bertz CT molecular complexity index is 1210. The molecule has 1 aliphatic heterocycles. The van der Waals surface area contributed by atoms with Crippen LogP contribution in [0.25, 0.3) is 11.0 Å². The van der Waals surface area contributed by atoms with Crippen LogP contribution in [0.3, 0.4) is 0 Å². The smallest absolute Gasteiger partial charge is 0.111 e. The zero-order valence-corrected chi connectivity index (χ0v) is 19.2. The first-order valence-corrected chi connectivity index (χ1v) is 12.2. The predicted octanol–water partition coefficient (Wildman–Crippen LogP) is 5.33. The summed E-state index contributed by atoms with van der Waals surface area (Å²) in [4.78, 5) is 15.0. The summed E-state index contributed by atoms with van der Waals surface area (Å²) in [6.07, 6.45) is 14.5. The van der Waals surface area contributed by atoms with Crippen LogP contribution in [0.15, 0.2) is 24.7 Å². The lowest BCUT2D eigenvalue weighted by Crippen LogP contribution is -2.63. The van der Waals surface area contributed by atoms with Crippen molar-refractivity contribution in [3.05, 3.63) is 47.3 Å². The number of fused-ring (bicyclic) bond motifs is 1. The molecule has 4 heterocycles. The standard InChI is InChI=1S/C26H31N5O/c1-15-9-27-23-21(29-15)8-20(30-24(23)26-12-25(3,13-26)14-26)17-6-16(2)32-22(7-17)18-10-28-31(11-18)19-4-5-19/h8-11,16-17,19,22H,4-7,12-14H2,1-3H3/t16-,17-,22+,25?,26?/m1/s1. The molecular formula is C26H31N5O. The molecule has 0 amide bonds. The number of rotatable bonds is 4. The molecule has 8 rings (SSSR count). The summed E-state index contributed by atoms with van der Waals surface area (Å²) in [5, 5.41) is 4.61. The van der Waals surface area contributed by atoms with E-state index in [2.05, 4.69) is 35.9 Å². The fourth-order valence-corrected chi connectivity index (χ4v) is 6.92. The lowest BCUT2D eigenvalue weighted by Gasteiger charge is -2.69. The molecule has 2 bridgehead atoms. The summed E-state index contributed by atoms with van der Waals surface area (Å²) in [6, 6.07) is 2.81. The van der Waals surface area contributed by atoms with E-state index in [1.54, 1.807) is 0 Å². The summed E-state index contributed by atoms with van der Waals surface area (Å²) < 4.78 is 8.51. The summed E-state index contributed by atoms with van der Waals surface area (Å²) >= 11 is 0. The van der Waals surface area contributed by atoms with E-state index in [1.165, 1.54) is 49.1 Å². The van der Waals surface area contributed by atoms with Gasteiger partial charge in [0.25, 0.3) is 0 Å². The van der Waals surface area contributed by atoms with Gasteiger partial charge in [-0.25, -0.2) is 4.98 Å². The average molecular weight is 430 g/mol. The Labute approximate surface area is 188 Å². The van der Waals surface area contributed by atoms with Crippen molar-refractivity contribution >= 4 is 11.0 Å². The first kappa shape index (κ1) is 19.2. The number of hydrogen-bond acceptors (Lipinski definition) is 5. The van der Waals surface area contributed by atoms with Crippen molar-refractivity contribution in [1.82, 2.24) is 24.7 Å². The maximum atomic E-state index is 6.39. The maximum Gasteiger partial charge on any atom is 0.111 e. The van der Waals surface area contributed by atoms with E-state index in [-0.39, 0.29) is 17.6 Å². The van der Waals surface area contributed by atoms with Crippen LogP contribution in [0, 0.1) is 12.3 Å². The quantitative estimate of drug-likeness (QED) is 0.561. The van der Waals surface area contributed by atoms with Gasteiger partial charge in [0.2, 0.25) is 0 Å². The molecule has 0 aromatic carbocycles. The number of hydrogen-bond donors (Lipinski definition) is 0. The van der Waals surface area contributed by atoms with Crippen molar-refractivity contribution in [3.63, 3.8) is 0 Å². The Morgan fingerprint density at radius 2 is 1.91 bits per heavy atom. The van der Waals surface area contributed by atoms with E-state index in [0.717, 1.165) is 29.6 Å². The Hall–Kier alpha value is -2.34. The van der Waals surface area contributed by atoms with Crippen LogP contribution in [0.4, 0.5) is 0 Å². The number of aromatic nitrogens is 5. The second-order valence-corrected chi connectivity index (χ2v) is 11.5. The second-order valence-electron chi connectivity index (χ2n) is 11.5. The van der Waals surface area contributed by atoms with Gasteiger partial charge in [0.15, 0.2) is 0 Å². The molecular weight excluding hydrogens is 398 g/mol. The van der Waals surface area contributed by atoms with Gasteiger partial charge >= 0.3 is 0 Å².